The third kappa shape index (κ3) is 3.38. The standard InChI is InChI=1S/C21H21N5O2/c1-14-5-3-4-6-18(14)21(28)25-11-12-26-19(13-25)23-24-20(26)16-7-9-17(10-8-16)22-15(2)27/h3-10H,11-13H2,1-2H3,(H,22,27). The summed E-state index contributed by atoms with van der Waals surface area (Å²) in [5, 5.41) is 11.4. The zero-order chi connectivity index (χ0) is 19.7. The molecular weight excluding hydrogens is 354 g/mol. The van der Waals surface area contributed by atoms with Crippen LogP contribution in [0.25, 0.3) is 11.4 Å². The Morgan fingerprint density at radius 2 is 1.75 bits per heavy atom. The van der Waals surface area contributed by atoms with E-state index in [1.165, 1.54) is 6.92 Å². The summed E-state index contributed by atoms with van der Waals surface area (Å²) in [6.07, 6.45) is 0. The second-order valence-electron chi connectivity index (χ2n) is 6.89. The van der Waals surface area contributed by atoms with E-state index in [1.807, 2.05) is 60.4 Å². The summed E-state index contributed by atoms with van der Waals surface area (Å²) < 4.78 is 2.05. The number of aromatic nitrogens is 3. The highest BCUT2D eigenvalue weighted by atomic mass is 16.2. The van der Waals surface area contributed by atoms with Gasteiger partial charge in [0.2, 0.25) is 5.91 Å². The molecule has 0 bridgehead atoms. The van der Waals surface area contributed by atoms with E-state index in [0.29, 0.717) is 19.6 Å². The molecule has 142 valence electrons. The zero-order valence-corrected chi connectivity index (χ0v) is 15.8. The second kappa shape index (κ2) is 7.26. The Hall–Kier alpha value is -3.48. The third-order valence-corrected chi connectivity index (χ3v) is 4.88. The average Bonchev–Trinajstić information content (AvgIpc) is 3.11. The molecule has 0 fully saturated rings. The molecule has 4 rings (SSSR count). The number of carbonyl (C=O) groups excluding carboxylic acids is 2. The maximum absolute atomic E-state index is 12.9. The van der Waals surface area contributed by atoms with Crippen molar-refractivity contribution in [2.75, 3.05) is 11.9 Å². The zero-order valence-electron chi connectivity index (χ0n) is 15.8. The first kappa shape index (κ1) is 17.9. The van der Waals surface area contributed by atoms with Crippen LogP contribution >= 0.6 is 0 Å². The molecule has 2 amide bonds. The van der Waals surface area contributed by atoms with E-state index < -0.39 is 0 Å². The Morgan fingerprint density at radius 1 is 1.00 bits per heavy atom. The van der Waals surface area contributed by atoms with Crippen molar-refractivity contribution in [2.24, 2.45) is 0 Å². The lowest BCUT2D eigenvalue weighted by Crippen LogP contribution is -2.38. The highest BCUT2D eigenvalue weighted by Crippen LogP contribution is 2.24. The van der Waals surface area contributed by atoms with E-state index >= 15 is 0 Å². The number of nitrogens with one attached hydrogen (secondary N) is 1. The summed E-state index contributed by atoms with van der Waals surface area (Å²) in [5.74, 6) is 1.46. The second-order valence-corrected chi connectivity index (χ2v) is 6.89. The number of hydrogen-bond donors (Lipinski definition) is 1. The Bertz CT molecular complexity index is 1040. The molecule has 0 aliphatic carbocycles. The molecule has 7 heteroatoms. The van der Waals surface area contributed by atoms with Crippen LogP contribution in [0.4, 0.5) is 5.69 Å². The van der Waals surface area contributed by atoms with Gasteiger partial charge >= 0.3 is 0 Å². The van der Waals surface area contributed by atoms with Gasteiger partial charge in [0.25, 0.3) is 5.91 Å². The first-order valence-corrected chi connectivity index (χ1v) is 9.18. The van der Waals surface area contributed by atoms with Crippen LogP contribution in [0.2, 0.25) is 0 Å². The number of carbonyl (C=O) groups is 2. The minimum atomic E-state index is -0.106. The molecule has 1 aliphatic heterocycles. The molecule has 1 N–H and O–H groups in total. The molecule has 0 saturated carbocycles. The first-order chi connectivity index (χ1) is 13.5. The number of rotatable bonds is 3. The van der Waals surface area contributed by atoms with Crippen molar-refractivity contribution < 1.29 is 9.59 Å². The molecule has 7 nitrogen and oxygen atoms in total. The molecule has 2 aromatic carbocycles. The predicted octanol–water partition coefficient (Wildman–Crippen LogP) is 2.87. The predicted molar refractivity (Wildman–Crippen MR) is 106 cm³/mol. The van der Waals surface area contributed by atoms with Gasteiger partial charge in [0, 0.05) is 36.8 Å². The van der Waals surface area contributed by atoms with Gasteiger partial charge in [-0.05, 0) is 42.8 Å². The van der Waals surface area contributed by atoms with Crippen molar-refractivity contribution in [3.63, 3.8) is 0 Å². The molecule has 3 aromatic rings. The van der Waals surface area contributed by atoms with Crippen LogP contribution in [0, 0.1) is 6.92 Å². The van der Waals surface area contributed by atoms with Gasteiger partial charge in [-0.1, -0.05) is 18.2 Å². The van der Waals surface area contributed by atoms with Gasteiger partial charge in [-0.3, -0.25) is 9.59 Å². The SMILES string of the molecule is CC(=O)Nc1ccc(-c2nnc3n2CCN(C(=O)c2ccccc2C)C3)cc1. The lowest BCUT2D eigenvalue weighted by Gasteiger charge is -2.28. The van der Waals surface area contributed by atoms with Crippen molar-refractivity contribution in [1.82, 2.24) is 19.7 Å². The summed E-state index contributed by atoms with van der Waals surface area (Å²) in [6.45, 7) is 5.11. The van der Waals surface area contributed by atoms with Gasteiger partial charge in [-0.2, -0.15) is 0 Å². The van der Waals surface area contributed by atoms with Crippen molar-refractivity contribution in [2.45, 2.75) is 26.9 Å². The topological polar surface area (TPSA) is 80.1 Å². The lowest BCUT2D eigenvalue weighted by atomic mass is 10.1. The fraction of sp³-hybridized carbons (Fsp3) is 0.238. The molecule has 0 atom stereocenters. The van der Waals surface area contributed by atoms with Crippen molar-refractivity contribution in [3.05, 3.63) is 65.5 Å². The van der Waals surface area contributed by atoms with Crippen LogP contribution in [-0.2, 0) is 17.9 Å². The van der Waals surface area contributed by atoms with Gasteiger partial charge in [-0.25, -0.2) is 0 Å². The van der Waals surface area contributed by atoms with Crippen LogP contribution in [0.3, 0.4) is 0 Å². The van der Waals surface area contributed by atoms with E-state index in [1.54, 1.807) is 0 Å². The fourth-order valence-electron chi connectivity index (χ4n) is 3.43. The molecular formula is C21H21N5O2. The highest BCUT2D eigenvalue weighted by Gasteiger charge is 2.26. The van der Waals surface area contributed by atoms with Gasteiger partial charge < -0.3 is 14.8 Å². The Labute approximate surface area is 163 Å². The molecule has 0 spiro atoms. The lowest BCUT2D eigenvalue weighted by molar-refractivity contribution is -0.114. The maximum Gasteiger partial charge on any atom is 0.254 e. The van der Waals surface area contributed by atoms with E-state index in [4.69, 9.17) is 0 Å². The monoisotopic (exact) mass is 375 g/mol. The van der Waals surface area contributed by atoms with Crippen LogP contribution in [0.5, 0.6) is 0 Å². The molecule has 0 saturated heterocycles. The largest absolute Gasteiger partial charge is 0.329 e. The van der Waals surface area contributed by atoms with Gasteiger partial charge in [0.05, 0.1) is 6.54 Å². The van der Waals surface area contributed by atoms with Crippen molar-refractivity contribution in [1.29, 1.82) is 0 Å². The Kier molecular flexibility index (Phi) is 4.65. The Balaban J connectivity index is 1.54. The number of hydrogen-bond acceptors (Lipinski definition) is 4. The summed E-state index contributed by atoms with van der Waals surface area (Å²) >= 11 is 0. The smallest absolute Gasteiger partial charge is 0.254 e. The number of benzene rings is 2. The van der Waals surface area contributed by atoms with Crippen molar-refractivity contribution >= 4 is 17.5 Å². The maximum atomic E-state index is 12.9. The highest BCUT2D eigenvalue weighted by molar-refractivity contribution is 5.95. The molecule has 0 radical (unpaired) electrons. The van der Waals surface area contributed by atoms with Crippen molar-refractivity contribution in [3.8, 4) is 11.4 Å². The van der Waals surface area contributed by atoms with Crippen LogP contribution in [0.15, 0.2) is 48.5 Å². The quantitative estimate of drug-likeness (QED) is 0.763. The molecule has 2 heterocycles. The van der Waals surface area contributed by atoms with Gasteiger partial charge in [0.15, 0.2) is 11.6 Å². The minimum Gasteiger partial charge on any atom is -0.329 e. The summed E-state index contributed by atoms with van der Waals surface area (Å²) in [6, 6.07) is 15.1. The van der Waals surface area contributed by atoms with E-state index in [9.17, 15) is 9.59 Å². The number of aryl methyl sites for hydroxylation is 1. The molecule has 1 aromatic heterocycles. The average molecular weight is 375 g/mol. The fourth-order valence-corrected chi connectivity index (χ4v) is 3.43. The number of nitrogens with zero attached hydrogens (tertiary/aromatic N) is 4. The Morgan fingerprint density at radius 3 is 2.46 bits per heavy atom. The van der Waals surface area contributed by atoms with E-state index in [-0.39, 0.29) is 11.8 Å². The number of fused-ring (bicyclic) bond motifs is 1. The number of amides is 2. The van der Waals surface area contributed by atoms with Crippen LogP contribution in [0.1, 0.15) is 28.7 Å². The first-order valence-electron chi connectivity index (χ1n) is 9.18. The molecule has 0 unspecified atom stereocenters. The summed E-state index contributed by atoms with van der Waals surface area (Å²) in [5.41, 5.74) is 3.36. The minimum absolute atomic E-state index is 0.0218. The summed E-state index contributed by atoms with van der Waals surface area (Å²) in [4.78, 5) is 25.8. The van der Waals surface area contributed by atoms with E-state index in [2.05, 4.69) is 20.1 Å². The van der Waals surface area contributed by atoms with Gasteiger partial charge in [-0.15, -0.1) is 10.2 Å². The van der Waals surface area contributed by atoms with E-state index in [0.717, 1.165) is 34.0 Å². The third-order valence-electron chi connectivity index (χ3n) is 4.88. The molecule has 28 heavy (non-hydrogen) atoms. The molecule has 1 aliphatic rings. The van der Waals surface area contributed by atoms with Crippen LogP contribution in [-0.4, -0.2) is 38.0 Å². The summed E-state index contributed by atoms with van der Waals surface area (Å²) in [7, 11) is 0. The van der Waals surface area contributed by atoms with Gasteiger partial charge in [0.1, 0.15) is 0 Å². The van der Waals surface area contributed by atoms with Crippen LogP contribution < -0.4 is 5.32 Å². The number of anilines is 1. The normalized spacial score (nSPS) is 13.1.